The van der Waals surface area contributed by atoms with Gasteiger partial charge in [-0.3, -0.25) is 4.79 Å². The minimum Gasteiger partial charge on any atom is -0.493 e. The third-order valence-electron chi connectivity index (χ3n) is 7.09. The predicted octanol–water partition coefficient (Wildman–Crippen LogP) is 6.42. The van der Waals surface area contributed by atoms with Crippen molar-refractivity contribution in [1.82, 2.24) is 4.90 Å². The fourth-order valence-corrected chi connectivity index (χ4v) is 4.58. The van der Waals surface area contributed by atoms with Gasteiger partial charge in [-0.25, -0.2) is 0 Å². The van der Waals surface area contributed by atoms with Gasteiger partial charge in [0.2, 0.25) is 11.7 Å². The highest BCUT2D eigenvalue weighted by Crippen LogP contribution is 2.39. The molecule has 0 aromatic heterocycles. The van der Waals surface area contributed by atoms with Crippen molar-refractivity contribution in [3.63, 3.8) is 0 Å². The Morgan fingerprint density at radius 1 is 0.865 bits per heavy atom. The number of rotatable bonds is 13. The van der Waals surface area contributed by atoms with Crippen LogP contribution < -0.4 is 19.1 Å². The average Bonchev–Trinajstić information content (AvgIpc) is 2.92. The van der Waals surface area contributed by atoms with Gasteiger partial charge in [-0.2, -0.15) is 0 Å². The van der Waals surface area contributed by atoms with Crippen LogP contribution in [0.1, 0.15) is 62.1 Å². The number of carbonyl (C=O) groups excluding carboxylic acids is 1. The van der Waals surface area contributed by atoms with Crippen LogP contribution in [0, 0.1) is 13.8 Å². The fraction of sp³-hybridized carbons (Fsp3) is 0.516. The Morgan fingerprint density at radius 2 is 1.51 bits per heavy atom. The molecule has 6 heteroatoms. The second kappa shape index (κ2) is 14.6. The van der Waals surface area contributed by atoms with Crippen molar-refractivity contribution < 1.29 is 19.0 Å². The van der Waals surface area contributed by atoms with Crippen molar-refractivity contribution in [3.8, 4) is 17.2 Å². The van der Waals surface area contributed by atoms with Crippen LogP contribution in [-0.2, 0) is 4.79 Å². The first kappa shape index (κ1) is 28.4. The Labute approximate surface area is 223 Å². The number of nitrogens with zero attached hydrogens (tertiary/aromatic N) is 2. The van der Waals surface area contributed by atoms with Crippen LogP contribution in [-0.4, -0.2) is 57.8 Å². The highest BCUT2D eigenvalue weighted by molar-refractivity contribution is 5.92. The van der Waals surface area contributed by atoms with E-state index in [2.05, 4.69) is 43.9 Å². The van der Waals surface area contributed by atoms with Crippen molar-refractivity contribution in [2.45, 2.75) is 59.3 Å². The van der Waals surface area contributed by atoms with E-state index in [1.807, 2.05) is 23.1 Å². The molecule has 202 valence electrons. The summed E-state index contributed by atoms with van der Waals surface area (Å²) in [5.41, 5.74) is 4.66. The Morgan fingerprint density at radius 3 is 2.14 bits per heavy atom. The maximum absolute atomic E-state index is 12.9. The van der Waals surface area contributed by atoms with Crippen LogP contribution in [0.3, 0.4) is 0 Å². The summed E-state index contributed by atoms with van der Waals surface area (Å²) in [5.74, 6) is 1.85. The van der Waals surface area contributed by atoms with Gasteiger partial charge in [0.25, 0.3) is 0 Å². The van der Waals surface area contributed by atoms with Crippen LogP contribution in [0.2, 0.25) is 0 Å². The average molecular weight is 509 g/mol. The summed E-state index contributed by atoms with van der Waals surface area (Å²) in [4.78, 5) is 17.1. The molecule has 0 atom stereocenters. The molecule has 0 bridgehead atoms. The molecule has 0 saturated carbocycles. The number of hydrogen-bond donors (Lipinski definition) is 0. The summed E-state index contributed by atoms with van der Waals surface area (Å²) in [7, 11) is 3.25. The maximum atomic E-state index is 12.9. The van der Waals surface area contributed by atoms with Gasteiger partial charge in [0, 0.05) is 37.9 Å². The SMILES string of the molecule is CCCCCCCCOc1c(OC)cc(C=CC(=O)N2CCN(c3ccc(C)c(C)c3)CC2)cc1OC. The zero-order valence-corrected chi connectivity index (χ0v) is 23.3. The highest BCUT2D eigenvalue weighted by Gasteiger charge is 2.20. The molecule has 37 heavy (non-hydrogen) atoms. The van der Waals surface area contributed by atoms with Crippen LogP contribution in [0.25, 0.3) is 6.08 Å². The molecule has 1 amide bonds. The minimum absolute atomic E-state index is 0.0149. The van der Waals surface area contributed by atoms with E-state index in [0.29, 0.717) is 36.9 Å². The van der Waals surface area contributed by atoms with Gasteiger partial charge in [0.15, 0.2) is 11.5 Å². The zero-order valence-electron chi connectivity index (χ0n) is 23.3. The molecule has 0 spiro atoms. The summed E-state index contributed by atoms with van der Waals surface area (Å²) < 4.78 is 17.2. The van der Waals surface area contributed by atoms with E-state index in [1.54, 1.807) is 20.3 Å². The number of aryl methyl sites for hydroxylation is 2. The molecule has 1 aliphatic rings. The standard InChI is InChI=1S/C31H44N2O4/c1-6-7-8-9-10-11-20-37-31-28(35-4)22-26(23-29(31)36-5)13-15-30(34)33-18-16-32(17-19-33)27-14-12-24(2)25(3)21-27/h12-15,21-23H,6-11,16-20H2,1-5H3. The molecule has 1 fully saturated rings. The normalized spacial score (nSPS) is 13.8. The number of benzene rings is 2. The van der Waals surface area contributed by atoms with Crippen molar-refractivity contribution in [2.75, 3.05) is 51.9 Å². The quantitative estimate of drug-likeness (QED) is 0.231. The smallest absolute Gasteiger partial charge is 0.246 e. The molecular formula is C31H44N2O4. The highest BCUT2D eigenvalue weighted by atomic mass is 16.5. The number of hydrogen-bond acceptors (Lipinski definition) is 5. The fourth-order valence-electron chi connectivity index (χ4n) is 4.58. The van der Waals surface area contributed by atoms with Crippen LogP contribution >= 0.6 is 0 Å². The molecule has 1 heterocycles. The summed E-state index contributed by atoms with van der Waals surface area (Å²) >= 11 is 0. The van der Waals surface area contributed by atoms with E-state index < -0.39 is 0 Å². The summed E-state index contributed by atoms with van der Waals surface area (Å²) in [6.45, 7) is 10.2. The molecule has 1 saturated heterocycles. The molecule has 1 aliphatic heterocycles. The monoisotopic (exact) mass is 508 g/mol. The Kier molecular flexibility index (Phi) is 11.2. The number of anilines is 1. The third kappa shape index (κ3) is 8.17. The number of piperazine rings is 1. The van der Waals surface area contributed by atoms with Crippen LogP contribution in [0.4, 0.5) is 5.69 Å². The molecule has 6 nitrogen and oxygen atoms in total. The molecule has 0 radical (unpaired) electrons. The number of carbonyl (C=O) groups is 1. The topological polar surface area (TPSA) is 51.2 Å². The van der Waals surface area contributed by atoms with E-state index in [-0.39, 0.29) is 5.91 Å². The molecule has 0 aliphatic carbocycles. The van der Waals surface area contributed by atoms with Crippen LogP contribution in [0.5, 0.6) is 17.2 Å². The molecule has 2 aromatic carbocycles. The first-order chi connectivity index (χ1) is 18.0. The van der Waals surface area contributed by atoms with Gasteiger partial charge >= 0.3 is 0 Å². The summed E-state index contributed by atoms with van der Waals surface area (Å²) in [5, 5.41) is 0. The lowest BCUT2D eigenvalue weighted by Gasteiger charge is -2.36. The maximum Gasteiger partial charge on any atom is 0.246 e. The van der Waals surface area contributed by atoms with Gasteiger partial charge in [-0.15, -0.1) is 0 Å². The van der Waals surface area contributed by atoms with Gasteiger partial charge in [0.05, 0.1) is 20.8 Å². The lowest BCUT2D eigenvalue weighted by Crippen LogP contribution is -2.48. The van der Waals surface area contributed by atoms with Gasteiger partial charge < -0.3 is 24.0 Å². The van der Waals surface area contributed by atoms with E-state index in [9.17, 15) is 4.79 Å². The van der Waals surface area contributed by atoms with Crippen LogP contribution in [0.15, 0.2) is 36.4 Å². The number of unbranched alkanes of at least 4 members (excludes halogenated alkanes) is 5. The molecule has 0 unspecified atom stereocenters. The van der Waals surface area contributed by atoms with E-state index in [0.717, 1.165) is 31.5 Å². The summed E-state index contributed by atoms with van der Waals surface area (Å²) in [6.07, 6.45) is 10.7. The number of amides is 1. The van der Waals surface area contributed by atoms with E-state index in [1.165, 1.54) is 42.5 Å². The number of methoxy groups -OCH3 is 2. The Balaban J connectivity index is 1.56. The Bertz CT molecular complexity index is 1020. The first-order valence-corrected chi connectivity index (χ1v) is 13.6. The van der Waals surface area contributed by atoms with E-state index in [4.69, 9.17) is 14.2 Å². The van der Waals surface area contributed by atoms with Gasteiger partial charge in [-0.05, 0) is 67.3 Å². The van der Waals surface area contributed by atoms with Crippen molar-refractivity contribution >= 4 is 17.7 Å². The third-order valence-corrected chi connectivity index (χ3v) is 7.09. The van der Waals surface area contributed by atoms with Crippen molar-refractivity contribution in [1.29, 1.82) is 0 Å². The second-order valence-corrected chi connectivity index (χ2v) is 9.79. The van der Waals surface area contributed by atoms with Gasteiger partial charge in [-0.1, -0.05) is 45.1 Å². The first-order valence-electron chi connectivity index (χ1n) is 13.6. The molecule has 0 N–H and O–H groups in total. The number of ether oxygens (including phenoxy) is 3. The van der Waals surface area contributed by atoms with Crippen molar-refractivity contribution in [2.24, 2.45) is 0 Å². The second-order valence-electron chi connectivity index (χ2n) is 9.79. The molecule has 3 rings (SSSR count). The summed E-state index contributed by atoms with van der Waals surface area (Å²) in [6, 6.07) is 10.3. The van der Waals surface area contributed by atoms with Gasteiger partial charge in [0.1, 0.15) is 0 Å². The predicted molar refractivity (Wildman–Crippen MR) is 152 cm³/mol. The largest absolute Gasteiger partial charge is 0.493 e. The zero-order chi connectivity index (χ0) is 26.6. The minimum atomic E-state index is 0.0149. The lowest BCUT2D eigenvalue weighted by molar-refractivity contribution is -0.126. The molecule has 2 aromatic rings. The van der Waals surface area contributed by atoms with E-state index >= 15 is 0 Å². The molecular weight excluding hydrogens is 464 g/mol. The Hall–Kier alpha value is -3.15. The lowest BCUT2D eigenvalue weighted by atomic mass is 10.1. The van der Waals surface area contributed by atoms with Crippen molar-refractivity contribution in [3.05, 3.63) is 53.1 Å².